The highest BCUT2D eigenvalue weighted by Crippen LogP contribution is 2.19. The number of nitrogens with zero attached hydrogens (tertiary/aromatic N) is 2. The molecule has 0 aliphatic heterocycles. The Morgan fingerprint density at radius 2 is 1.95 bits per heavy atom. The summed E-state index contributed by atoms with van der Waals surface area (Å²) in [6.07, 6.45) is 1.24. The number of aryl methyl sites for hydroxylation is 3. The average Bonchev–Trinajstić information content (AvgIpc) is 2.73. The molecule has 0 atom stereocenters. The van der Waals surface area contributed by atoms with E-state index < -0.39 is 15.9 Å². The summed E-state index contributed by atoms with van der Waals surface area (Å²) in [6, 6.07) is 5.21. The second-order valence-corrected chi connectivity index (χ2v) is 6.34. The van der Waals surface area contributed by atoms with Crippen molar-refractivity contribution in [3.63, 3.8) is 0 Å². The summed E-state index contributed by atoms with van der Waals surface area (Å²) in [5.74, 6) is -0.523. The van der Waals surface area contributed by atoms with Crippen LogP contribution in [0.3, 0.4) is 0 Å². The van der Waals surface area contributed by atoms with Crippen LogP contribution in [0, 0.1) is 13.8 Å². The zero-order valence-corrected chi connectivity index (χ0v) is 12.7. The fourth-order valence-electron chi connectivity index (χ4n) is 1.82. The lowest BCUT2D eigenvalue weighted by Crippen LogP contribution is -2.18. The summed E-state index contributed by atoms with van der Waals surface area (Å²) in [7, 11) is -2.41. The van der Waals surface area contributed by atoms with Gasteiger partial charge in [0.05, 0.1) is 0 Å². The van der Waals surface area contributed by atoms with Gasteiger partial charge in [-0.2, -0.15) is 5.10 Å². The maximum absolute atomic E-state index is 12.2. The maximum Gasteiger partial charge on any atom is 0.256 e. The fourth-order valence-corrected chi connectivity index (χ4v) is 2.48. The number of hydrogen-bond donors (Lipinski definition) is 2. The van der Waals surface area contributed by atoms with Crippen molar-refractivity contribution in [3.05, 3.63) is 41.1 Å². The van der Waals surface area contributed by atoms with E-state index in [4.69, 9.17) is 5.14 Å². The van der Waals surface area contributed by atoms with Crippen molar-refractivity contribution >= 4 is 21.7 Å². The molecule has 1 aromatic heterocycles. The molecule has 0 saturated carbocycles. The predicted molar refractivity (Wildman–Crippen MR) is 78.5 cm³/mol. The first-order valence-electron chi connectivity index (χ1n) is 6.13. The molecular weight excluding hydrogens is 292 g/mol. The molecule has 21 heavy (non-hydrogen) atoms. The highest BCUT2D eigenvalue weighted by Gasteiger charge is 2.20. The molecule has 1 aromatic carbocycles. The van der Waals surface area contributed by atoms with Crippen LogP contribution in [0.5, 0.6) is 0 Å². The van der Waals surface area contributed by atoms with Crippen molar-refractivity contribution in [2.75, 3.05) is 5.32 Å². The van der Waals surface area contributed by atoms with Crippen LogP contribution in [0.25, 0.3) is 0 Å². The van der Waals surface area contributed by atoms with Crippen LogP contribution in [0.1, 0.15) is 21.5 Å². The third kappa shape index (κ3) is 3.29. The Balaban J connectivity index is 2.34. The number of carbonyl (C=O) groups excluding carboxylic acids is 1. The number of carbonyl (C=O) groups is 1. The minimum absolute atomic E-state index is 0.0803. The molecule has 1 amide bonds. The van der Waals surface area contributed by atoms with Crippen molar-refractivity contribution in [1.29, 1.82) is 0 Å². The van der Waals surface area contributed by atoms with Gasteiger partial charge in [-0.05, 0) is 37.1 Å². The molecule has 0 radical (unpaired) electrons. The minimum Gasteiger partial charge on any atom is -0.304 e. The predicted octanol–water partition coefficient (Wildman–Crippen LogP) is 0.937. The normalized spacial score (nSPS) is 11.4. The van der Waals surface area contributed by atoms with E-state index in [1.54, 1.807) is 19.2 Å². The Kier molecular flexibility index (Phi) is 3.84. The van der Waals surface area contributed by atoms with E-state index >= 15 is 0 Å². The number of sulfonamides is 1. The van der Waals surface area contributed by atoms with Crippen LogP contribution < -0.4 is 10.5 Å². The molecule has 0 fully saturated rings. The van der Waals surface area contributed by atoms with E-state index in [0.29, 0.717) is 5.56 Å². The lowest BCUT2D eigenvalue weighted by molar-refractivity contribution is 0.102. The van der Waals surface area contributed by atoms with E-state index in [9.17, 15) is 13.2 Å². The van der Waals surface area contributed by atoms with Crippen LogP contribution in [-0.2, 0) is 17.1 Å². The first-order valence-corrected chi connectivity index (χ1v) is 7.68. The van der Waals surface area contributed by atoms with E-state index in [2.05, 4.69) is 10.4 Å². The smallest absolute Gasteiger partial charge is 0.256 e. The van der Waals surface area contributed by atoms with Crippen LogP contribution in [0.2, 0.25) is 0 Å². The Labute approximate surface area is 122 Å². The number of nitrogens with one attached hydrogen (secondary N) is 1. The van der Waals surface area contributed by atoms with Crippen molar-refractivity contribution < 1.29 is 13.2 Å². The van der Waals surface area contributed by atoms with Crippen molar-refractivity contribution in [1.82, 2.24) is 9.78 Å². The summed E-state index contributed by atoms with van der Waals surface area (Å²) < 4.78 is 24.2. The fraction of sp³-hybridized carbons (Fsp3) is 0.231. The molecule has 0 aliphatic carbocycles. The third-order valence-electron chi connectivity index (χ3n) is 3.10. The van der Waals surface area contributed by atoms with Gasteiger partial charge >= 0.3 is 0 Å². The number of hydrogen-bond acceptors (Lipinski definition) is 4. The average molecular weight is 308 g/mol. The minimum atomic E-state index is -3.95. The Morgan fingerprint density at radius 1 is 1.29 bits per heavy atom. The standard InChI is InChI=1S/C13H16N4O3S/c1-8-4-5-10(6-9(8)2)13(18)15-12-11(21(14,19)20)7-17(3)16-12/h4-7H,1-3H3,(H2,14,19,20)(H,15,16,18). The summed E-state index contributed by atoms with van der Waals surface area (Å²) >= 11 is 0. The molecule has 3 N–H and O–H groups in total. The second kappa shape index (κ2) is 5.30. The largest absolute Gasteiger partial charge is 0.304 e. The summed E-state index contributed by atoms with van der Waals surface area (Å²) in [6.45, 7) is 3.83. The molecule has 0 unspecified atom stereocenters. The molecule has 112 valence electrons. The number of primary sulfonamides is 1. The first-order chi connectivity index (χ1) is 9.68. The molecule has 0 spiro atoms. The highest BCUT2D eigenvalue weighted by molar-refractivity contribution is 7.89. The van der Waals surface area contributed by atoms with Gasteiger partial charge < -0.3 is 5.32 Å². The number of benzene rings is 1. The quantitative estimate of drug-likeness (QED) is 0.879. The monoisotopic (exact) mass is 308 g/mol. The lowest BCUT2D eigenvalue weighted by atomic mass is 10.1. The Hall–Kier alpha value is -2.19. The molecule has 7 nitrogen and oxygen atoms in total. The Morgan fingerprint density at radius 3 is 2.52 bits per heavy atom. The summed E-state index contributed by atoms with van der Waals surface area (Å²) in [5, 5.41) is 11.5. The number of anilines is 1. The van der Waals surface area contributed by atoms with Crippen LogP contribution >= 0.6 is 0 Å². The van der Waals surface area contributed by atoms with Crippen molar-refractivity contribution in [2.45, 2.75) is 18.7 Å². The summed E-state index contributed by atoms with van der Waals surface area (Å²) in [5.41, 5.74) is 2.45. The second-order valence-electron chi connectivity index (χ2n) is 4.81. The van der Waals surface area contributed by atoms with Crippen LogP contribution in [0.15, 0.2) is 29.3 Å². The maximum atomic E-state index is 12.2. The zero-order chi connectivity index (χ0) is 15.8. The van der Waals surface area contributed by atoms with Gasteiger partial charge in [0, 0.05) is 18.8 Å². The van der Waals surface area contributed by atoms with E-state index in [1.165, 1.54) is 10.9 Å². The lowest BCUT2D eigenvalue weighted by Gasteiger charge is -2.06. The molecule has 2 rings (SSSR count). The van der Waals surface area contributed by atoms with Gasteiger partial charge in [-0.15, -0.1) is 0 Å². The molecule has 2 aromatic rings. The molecule has 1 heterocycles. The van der Waals surface area contributed by atoms with Crippen LogP contribution in [-0.4, -0.2) is 24.1 Å². The zero-order valence-electron chi connectivity index (χ0n) is 11.9. The van der Waals surface area contributed by atoms with Gasteiger partial charge in [0.2, 0.25) is 10.0 Å². The number of rotatable bonds is 3. The first kappa shape index (κ1) is 15.2. The third-order valence-corrected chi connectivity index (χ3v) is 4.01. The van der Waals surface area contributed by atoms with Gasteiger partial charge in [0.1, 0.15) is 4.90 Å². The van der Waals surface area contributed by atoms with Gasteiger partial charge in [-0.1, -0.05) is 6.07 Å². The molecule has 0 saturated heterocycles. The molecular formula is C13H16N4O3S. The molecule has 8 heteroatoms. The van der Waals surface area contributed by atoms with E-state index in [1.807, 2.05) is 19.9 Å². The van der Waals surface area contributed by atoms with Gasteiger partial charge in [-0.3, -0.25) is 9.48 Å². The van der Waals surface area contributed by atoms with Gasteiger partial charge in [0.15, 0.2) is 5.82 Å². The number of nitrogens with two attached hydrogens (primary N) is 1. The molecule has 0 aliphatic rings. The topological polar surface area (TPSA) is 107 Å². The van der Waals surface area contributed by atoms with Gasteiger partial charge in [-0.25, -0.2) is 13.6 Å². The number of aromatic nitrogens is 2. The van der Waals surface area contributed by atoms with Crippen molar-refractivity contribution in [3.8, 4) is 0 Å². The van der Waals surface area contributed by atoms with E-state index in [-0.39, 0.29) is 10.7 Å². The van der Waals surface area contributed by atoms with Crippen molar-refractivity contribution in [2.24, 2.45) is 12.2 Å². The highest BCUT2D eigenvalue weighted by atomic mass is 32.2. The molecule has 0 bridgehead atoms. The van der Waals surface area contributed by atoms with Gasteiger partial charge in [0.25, 0.3) is 5.91 Å². The number of amides is 1. The van der Waals surface area contributed by atoms with Crippen LogP contribution in [0.4, 0.5) is 5.82 Å². The summed E-state index contributed by atoms with van der Waals surface area (Å²) in [4.78, 5) is 11.9. The van der Waals surface area contributed by atoms with E-state index in [0.717, 1.165) is 11.1 Å². The SMILES string of the molecule is Cc1ccc(C(=O)Nc2nn(C)cc2S(N)(=O)=O)cc1C. The Bertz CT molecular complexity index is 809.